The highest BCUT2D eigenvalue weighted by Crippen LogP contribution is 1.93. The van der Waals surface area contributed by atoms with Crippen molar-refractivity contribution in [3.63, 3.8) is 0 Å². The first-order valence-electron chi connectivity index (χ1n) is 2.71. The summed E-state index contributed by atoms with van der Waals surface area (Å²) < 4.78 is 1.72. The second-order valence-electron chi connectivity index (χ2n) is 1.76. The molecule has 2 aromatic heterocycles. The normalized spacial score (nSPS) is 9.20. The molecule has 0 bridgehead atoms. The summed E-state index contributed by atoms with van der Waals surface area (Å²) in [5.74, 6) is 0. The van der Waals surface area contributed by atoms with Crippen LogP contribution in [-0.2, 0) is 0 Å². The van der Waals surface area contributed by atoms with Crippen LogP contribution in [-0.4, -0.2) is 14.6 Å². The van der Waals surface area contributed by atoms with E-state index in [9.17, 15) is 0 Å². The zero-order valence-corrected chi connectivity index (χ0v) is 4.73. The number of hydrogen-bond donors (Lipinski definition) is 0. The maximum Gasteiger partial charge on any atom is 0.155 e. The van der Waals surface area contributed by atoms with Crippen LogP contribution in [0.4, 0.5) is 0 Å². The highest BCUT2D eigenvalue weighted by atomic mass is 15.3. The van der Waals surface area contributed by atoms with Crippen LogP contribution in [0.3, 0.4) is 0 Å². The second kappa shape index (κ2) is 2.47. The Morgan fingerprint density at radius 1 is 1.30 bits per heavy atom. The Hall–Kier alpha value is -1.38. The number of pyridine rings is 1. The molecule has 0 aliphatic rings. The fraction of sp³-hybridized carbons (Fsp3) is 0.143. The van der Waals surface area contributed by atoms with E-state index in [0.717, 1.165) is 5.65 Å². The van der Waals surface area contributed by atoms with Crippen molar-refractivity contribution in [3.05, 3.63) is 30.7 Å². The molecular weight excluding hydrogens is 126 g/mol. The van der Waals surface area contributed by atoms with Gasteiger partial charge < -0.3 is 0 Å². The molecule has 10 heavy (non-hydrogen) atoms. The highest BCUT2D eigenvalue weighted by molar-refractivity contribution is 5.34. The Morgan fingerprint density at radius 2 is 2.20 bits per heavy atom. The quantitative estimate of drug-likeness (QED) is 0.546. The van der Waals surface area contributed by atoms with Crippen molar-refractivity contribution in [1.29, 1.82) is 0 Å². The topological polar surface area (TPSA) is 30.2 Å². The van der Waals surface area contributed by atoms with Crippen molar-refractivity contribution < 1.29 is 0 Å². The molecule has 52 valence electrons. The van der Waals surface area contributed by atoms with E-state index in [4.69, 9.17) is 0 Å². The molecule has 0 N–H and O–H groups in total. The van der Waals surface area contributed by atoms with Gasteiger partial charge in [0.1, 0.15) is 6.33 Å². The molecule has 0 aromatic carbocycles. The zero-order chi connectivity index (χ0) is 6.10. The number of nitrogens with zero attached hydrogens (tertiary/aromatic N) is 3. The number of aromatic nitrogens is 3. The van der Waals surface area contributed by atoms with Gasteiger partial charge in [-0.25, -0.2) is 9.50 Å². The Kier molecular flexibility index (Phi) is 1.67. The van der Waals surface area contributed by atoms with Gasteiger partial charge in [0, 0.05) is 6.20 Å². The van der Waals surface area contributed by atoms with Crippen LogP contribution in [0.15, 0.2) is 30.7 Å². The van der Waals surface area contributed by atoms with Gasteiger partial charge in [0.25, 0.3) is 0 Å². The molecule has 0 spiro atoms. The molecular formula is C7H9N3. The number of fused-ring (bicyclic) bond motifs is 1. The summed E-state index contributed by atoms with van der Waals surface area (Å²) >= 11 is 0. The lowest BCUT2D eigenvalue weighted by atomic mass is 10.5. The fourth-order valence-corrected chi connectivity index (χ4v) is 0.766. The van der Waals surface area contributed by atoms with Gasteiger partial charge in [0.05, 0.1) is 0 Å². The van der Waals surface area contributed by atoms with Crippen molar-refractivity contribution in [2.75, 3.05) is 0 Å². The average Bonchev–Trinajstić information content (AvgIpc) is 2.33. The molecule has 0 saturated carbocycles. The Labute approximate surface area is 59.3 Å². The first kappa shape index (κ1) is 6.74. The van der Waals surface area contributed by atoms with E-state index in [1.54, 1.807) is 4.52 Å². The van der Waals surface area contributed by atoms with Crippen LogP contribution in [0.2, 0.25) is 0 Å². The Bertz CT molecular complexity index is 283. The summed E-state index contributed by atoms with van der Waals surface area (Å²) in [6, 6.07) is 5.76. The molecule has 0 saturated heterocycles. The molecule has 0 atom stereocenters. The van der Waals surface area contributed by atoms with Crippen molar-refractivity contribution >= 4 is 5.65 Å². The SMILES string of the molecule is C.c1ccn2ncnc2c1. The minimum atomic E-state index is 0. The van der Waals surface area contributed by atoms with Gasteiger partial charge in [-0.05, 0) is 12.1 Å². The van der Waals surface area contributed by atoms with E-state index in [1.165, 1.54) is 6.33 Å². The van der Waals surface area contributed by atoms with E-state index >= 15 is 0 Å². The van der Waals surface area contributed by atoms with Crippen LogP contribution in [0.1, 0.15) is 7.43 Å². The predicted molar refractivity (Wildman–Crippen MR) is 39.7 cm³/mol. The van der Waals surface area contributed by atoms with E-state index in [0.29, 0.717) is 0 Å². The number of hydrogen-bond acceptors (Lipinski definition) is 2. The molecule has 0 radical (unpaired) electrons. The fourth-order valence-electron chi connectivity index (χ4n) is 0.766. The summed E-state index contributed by atoms with van der Waals surface area (Å²) in [6.07, 6.45) is 3.40. The van der Waals surface area contributed by atoms with Gasteiger partial charge >= 0.3 is 0 Å². The minimum Gasteiger partial charge on any atom is -0.221 e. The first-order valence-corrected chi connectivity index (χ1v) is 2.71. The zero-order valence-electron chi connectivity index (χ0n) is 4.73. The van der Waals surface area contributed by atoms with E-state index in [2.05, 4.69) is 10.1 Å². The van der Waals surface area contributed by atoms with Gasteiger partial charge in [-0.15, -0.1) is 0 Å². The van der Waals surface area contributed by atoms with Crippen molar-refractivity contribution in [2.45, 2.75) is 7.43 Å². The van der Waals surface area contributed by atoms with Crippen LogP contribution in [0.25, 0.3) is 5.65 Å². The third-order valence-corrected chi connectivity index (χ3v) is 1.18. The lowest BCUT2D eigenvalue weighted by molar-refractivity contribution is 0.961. The van der Waals surface area contributed by atoms with Gasteiger partial charge in [-0.2, -0.15) is 5.10 Å². The average molecular weight is 135 g/mol. The summed E-state index contributed by atoms with van der Waals surface area (Å²) in [5.41, 5.74) is 0.887. The van der Waals surface area contributed by atoms with Crippen LogP contribution in [0, 0.1) is 0 Å². The van der Waals surface area contributed by atoms with Gasteiger partial charge in [-0.1, -0.05) is 13.5 Å². The van der Waals surface area contributed by atoms with Crippen molar-refractivity contribution in [3.8, 4) is 0 Å². The van der Waals surface area contributed by atoms with E-state index < -0.39 is 0 Å². The maximum atomic E-state index is 3.97. The monoisotopic (exact) mass is 135 g/mol. The lowest BCUT2D eigenvalue weighted by Gasteiger charge is -1.84. The smallest absolute Gasteiger partial charge is 0.155 e. The summed E-state index contributed by atoms with van der Waals surface area (Å²) in [5, 5.41) is 3.92. The molecule has 0 fully saturated rings. The Morgan fingerprint density at radius 3 is 3.00 bits per heavy atom. The van der Waals surface area contributed by atoms with Gasteiger partial charge in [-0.3, -0.25) is 0 Å². The minimum absolute atomic E-state index is 0. The molecule has 0 aliphatic carbocycles. The maximum absolute atomic E-state index is 3.97. The van der Waals surface area contributed by atoms with E-state index in [-0.39, 0.29) is 7.43 Å². The third kappa shape index (κ3) is 0.857. The Balaban J connectivity index is 0.000000500. The van der Waals surface area contributed by atoms with Gasteiger partial charge in [0.2, 0.25) is 0 Å². The largest absolute Gasteiger partial charge is 0.221 e. The molecule has 3 heteroatoms. The van der Waals surface area contributed by atoms with Crippen LogP contribution in [0.5, 0.6) is 0 Å². The summed E-state index contributed by atoms with van der Waals surface area (Å²) in [4.78, 5) is 3.97. The molecule has 2 heterocycles. The number of rotatable bonds is 0. The van der Waals surface area contributed by atoms with Crippen molar-refractivity contribution in [2.24, 2.45) is 0 Å². The van der Waals surface area contributed by atoms with Crippen LogP contribution < -0.4 is 0 Å². The molecule has 2 rings (SSSR count). The lowest BCUT2D eigenvalue weighted by Crippen LogP contribution is -1.82. The second-order valence-corrected chi connectivity index (χ2v) is 1.76. The molecule has 0 aliphatic heterocycles. The third-order valence-electron chi connectivity index (χ3n) is 1.18. The summed E-state index contributed by atoms with van der Waals surface area (Å²) in [6.45, 7) is 0. The first-order chi connectivity index (χ1) is 4.47. The highest BCUT2D eigenvalue weighted by Gasteiger charge is 1.86. The molecule has 3 nitrogen and oxygen atoms in total. The van der Waals surface area contributed by atoms with Crippen molar-refractivity contribution in [1.82, 2.24) is 14.6 Å². The summed E-state index contributed by atoms with van der Waals surface area (Å²) in [7, 11) is 0. The molecule has 0 amide bonds. The predicted octanol–water partition coefficient (Wildman–Crippen LogP) is 1.37. The van der Waals surface area contributed by atoms with Gasteiger partial charge in [0.15, 0.2) is 5.65 Å². The standard InChI is InChI=1S/C6H5N3.CH4/c1-2-4-9-6(3-1)7-5-8-9;/h1-5H;1H4. The molecule has 2 aromatic rings. The molecule has 0 unspecified atom stereocenters. The van der Waals surface area contributed by atoms with Crippen LogP contribution >= 0.6 is 0 Å². The van der Waals surface area contributed by atoms with E-state index in [1.807, 2.05) is 24.4 Å².